The number of nitro groups is 1. The first-order valence-electron chi connectivity index (χ1n) is 5.64. The molecule has 0 saturated heterocycles. The van der Waals surface area contributed by atoms with Crippen LogP contribution in [-0.4, -0.2) is 28.1 Å². The molecule has 0 aliphatic carbocycles. The van der Waals surface area contributed by atoms with E-state index < -0.39 is 10.6 Å². The average Bonchev–Trinajstić information content (AvgIpc) is 2.44. The van der Waals surface area contributed by atoms with Crippen LogP contribution in [0.3, 0.4) is 0 Å². The van der Waals surface area contributed by atoms with Crippen LogP contribution >= 0.6 is 11.6 Å². The van der Waals surface area contributed by atoms with E-state index in [1.54, 1.807) is 12.1 Å². The summed E-state index contributed by atoms with van der Waals surface area (Å²) >= 11 is 5.63. The van der Waals surface area contributed by atoms with Gasteiger partial charge in [0.1, 0.15) is 25.3 Å². The Morgan fingerprint density at radius 3 is 2.55 bits per heavy atom. The van der Waals surface area contributed by atoms with Crippen molar-refractivity contribution in [2.75, 3.05) is 13.2 Å². The Kier molecular flexibility index (Phi) is 4.67. The third-order valence-electron chi connectivity index (χ3n) is 2.26. The first-order chi connectivity index (χ1) is 9.68. The van der Waals surface area contributed by atoms with Gasteiger partial charge in [-0.1, -0.05) is 29.8 Å². The van der Waals surface area contributed by atoms with Crippen LogP contribution in [-0.2, 0) is 0 Å². The third-order valence-corrected chi connectivity index (χ3v) is 2.54. The minimum Gasteiger partial charge on any atom is -0.490 e. The Bertz CT molecular complexity index is 595. The molecular formula is C12H10ClN3O4. The maximum absolute atomic E-state index is 10.8. The van der Waals surface area contributed by atoms with Crippen LogP contribution in [0.4, 0.5) is 5.69 Å². The van der Waals surface area contributed by atoms with E-state index in [2.05, 4.69) is 9.97 Å². The lowest BCUT2D eigenvalue weighted by Gasteiger charge is -2.07. The van der Waals surface area contributed by atoms with Crippen LogP contribution in [0.15, 0.2) is 36.7 Å². The molecule has 0 aliphatic rings. The van der Waals surface area contributed by atoms with Gasteiger partial charge in [0.2, 0.25) is 5.15 Å². The van der Waals surface area contributed by atoms with Crippen molar-refractivity contribution in [2.24, 2.45) is 0 Å². The average molecular weight is 296 g/mol. The number of halogens is 1. The number of hydrogen-bond donors (Lipinski definition) is 0. The fourth-order valence-electron chi connectivity index (χ4n) is 1.42. The Labute approximate surface area is 119 Å². The fraction of sp³-hybridized carbons (Fsp3) is 0.167. The van der Waals surface area contributed by atoms with E-state index in [1.165, 1.54) is 0 Å². The van der Waals surface area contributed by atoms with E-state index in [9.17, 15) is 10.1 Å². The summed E-state index contributed by atoms with van der Waals surface area (Å²) in [5.41, 5.74) is -0.450. The van der Waals surface area contributed by atoms with E-state index in [4.69, 9.17) is 21.1 Å². The molecule has 0 aliphatic heterocycles. The molecule has 0 spiro atoms. The first kappa shape index (κ1) is 14.0. The Morgan fingerprint density at radius 1 is 1.15 bits per heavy atom. The van der Waals surface area contributed by atoms with Gasteiger partial charge in [0.15, 0.2) is 0 Å². The van der Waals surface area contributed by atoms with Gasteiger partial charge in [-0.25, -0.2) is 4.98 Å². The second-order valence-corrected chi connectivity index (χ2v) is 3.94. The predicted octanol–water partition coefficient (Wildman–Crippen LogP) is 2.50. The topological polar surface area (TPSA) is 87.4 Å². The lowest BCUT2D eigenvalue weighted by atomic mass is 10.3. The zero-order chi connectivity index (χ0) is 14.4. The molecule has 7 nitrogen and oxygen atoms in total. The second-order valence-electron chi connectivity index (χ2n) is 3.59. The van der Waals surface area contributed by atoms with Crippen LogP contribution in [0.1, 0.15) is 0 Å². The normalized spacial score (nSPS) is 10.1. The van der Waals surface area contributed by atoms with Crippen molar-refractivity contribution in [3.05, 3.63) is 51.9 Å². The molecule has 20 heavy (non-hydrogen) atoms. The van der Waals surface area contributed by atoms with Gasteiger partial charge >= 0.3 is 5.69 Å². The largest absolute Gasteiger partial charge is 0.490 e. The van der Waals surface area contributed by atoms with Crippen molar-refractivity contribution in [3.8, 4) is 11.6 Å². The number of hydrogen-bond acceptors (Lipinski definition) is 6. The molecule has 0 radical (unpaired) electrons. The number of rotatable bonds is 6. The molecule has 0 unspecified atom stereocenters. The number of benzene rings is 1. The van der Waals surface area contributed by atoms with Crippen LogP contribution in [0.25, 0.3) is 0 Å². The molecule has 0 N–H and O–H groups in total. The van der Waals surface area contributed by atoms with Gasteiger partial charge in [0, 0.05) is 0 Å². The highest BCUT2D eigenvalue weighted by Crippen LogP contribution is 2.29. The maximum atomic E-state index is 10.8. The number of aromatic nitrogens is 2. The van der Waals surface area contributed by atoms with Crippen LogP contribution < -0.4 is 9.47 Å². The first-order valence-corrected chi connectivity index (χ1v) is 6.02. The lowest BCUT2D eigenvalue weighted by Crippen LogP contribution is -2.11. The Hall–Kier alpha value is -2.41. The van der Waals surface area contributed by atoms with Crippen molar-refractivity contribution in [1.29, 1.82) is 0 Å². The second kappa shape index (κ2) is 6.67. The molecule has 104 valence electrons. The number of nitrogens with zero attached hydrogens (tertiary/aromatic N) is 3. The van der Waals surface area contributed by atoms with E-state index in [0.717, 1.165) is 6.33 Å². The van der Waals surface area contributed by atoms with E-state index >= 15 is 0 Å². The number of ether oxygens (including phenoxy) is 2. The predicted molar refractivity (Wildman–Crippen MR) is 71.1 cm³/mol. The molecule has 0 saturated carbocycles. The highest BCUT2D eigenvalue weighted by atomic mass is 35.5. The van der Waals surface area contributed by atoms with Gasteiger partial charge in [0.05, 0.1) is 4.92 Å². The molecule has 1 aromatic heterocycles. The van der Waals surface area contributed by atoms with Gasteiger partial charge in [-0.2, -0.15) is 4.98 Å². The molecule has 0 atom stereocenters. The molecule has 0 fully saturated rings. The van der Waals surface area contributed by atoms with Gasteiger partial charge in [0.25, 0.3) is 5.88 Å². The van der Waals surface area contributed by atoms with Gasteiger partial charge in [-0.05, 0) is 12.1 Å². The van der Waals surface area contributed by atoms with E-state index in [1.807, 2.05) is 18.2 Å². The van der Waals surface area contributed by atoms with Crippen LogP contribution in [0.5, 0.6) is 11.6 Å². The summed E-state index contributed by atoms with van der Waals surface area (Å²) in [6.45, 7) is 0.325. The zero-order valence-corrected chi connectivity index (χ0v) is 11.0. The zero-order valence-electron chi connectivity index (χ0n) is 10.2. The summed E-state index contributed by atoms with van der Waals surface area (Å²) in [5, 5.41) is 10.6. The Balaban J connectivity index is 1.92. The van der Waals surface area contributed by atoms with Crippen molar-refractivity contribution >= 4 is 17.3 Å². The summed E-state index contributed by atoms with van der Waals surface area (Å²) in [6, 6.07) is 9.14. The fourth-order valence-corrected chi connectivity index (χ4v) is 1.61. The molecule has 2 aromatic rings. The van der Waals surface area contributed by atoms with Crippen molar-refractivity contribution < 1.29 is 14.4 Å². The smallest absolute Gasteiger partial charge is 0.367 e. The standard InChI is InChI=1S/C12H10ClN3O4/c13-11-10(16(17)18)12(15-8-14-11)20-7-6-19-9-4-2-1-3-5-9/h1-5,8H,6-7H2. The molecule has 1 heterocycles. The van der Waals surface area contributed by atoms with Crippen molar-refractivity contribution in [3.63, 3.8) is 0 Å². The quantitative estimate of drug-likeness (QED) is 0.352. The summed E-state index contributed by atoms with van der Waals surface area (Å²) < 4.78 is 10.6. The lowest BCUT2D eigenvalue weighted by molar-refractivity contribution is -0.386. The molecule has 0 bridgehead atoms. The molecule has 8 heteroatoms. The van der Waals surface area contributed by atoms with Gasteiger partial charge in [-0.15, -0.1) is 0 Å². The summed E-state index contributed by atoms with van der Waals surface area (Å²) in [6.07, 6.45) is 1.10. The minimum absolute atomic E-state index is 0.100. The highest BCUT2D eigenvalue weighted by molar-refractivity contribution is 6.31. The van der Waals surface area contributed by atoms with Gasteiger partial charge < -0.3 is 9.47 Å². The molecule has 0 amide bonds. The molecule has 2 rings (SSSR count). The minimum atomic E-state index is -0.685. The SMILES string of the molecule is O=[N+]([O-])c1c(Cl)ncnc1OCCOc1ccccc1. The summed E-state index contributed by atoms with van der Waals surface area (Å²) in [7, 11) is 0. The maximum Gasteiger partial charge on any atom is 0.367 e. The molecular weight excluding hydrogens is 286 g/mol. The van der Waals surface area contributed by atoms with Gasteiger partial charge in [-0.3, -0.25) is 10.1 Å². The summed E-state index contributed by atoms with van der Waals surface area (Å²) in [4.78, 5) is 17.4. The third kappa shape index (κ3) is 3.55. The van der Waals surface area contributed by atoms with Crippen molar-refractivity contribution in [1.82, 2.24) is 9.97 Å². The van der Waals surface area contributed by atoms with E-state index in [-0.39, 0.29) is 24.2 Å². The number of para-hydroxylation sites is 1. The molecule has 1 aromatic carbocycles. The highest BCUT2D eigenvalue weighted by Gasteiger charge is 2.22. The monoisotopic (exact) mass is 295 g/mol. The van der Waals surface area contributed by atoms with Crippen LogP contribution in [0.2, 0.25) is 5.15 Å². The van der Waals surface area contributed by atoms with Crippen LogP contribution in [0, 0.1) is 10.1 Å². The van der Waals surface area contributed by atoms with E-state index in [0.29, 0.717) is 5.75 Å². The Morgan fingerprint density at radius 2 is 1.85 bits per heavy atom. The summed E-state index contributed by atoms with van der Waals surface area (Å²) in [5.74, 6) is 0.512. The van der Waals surface area contributed by atoms with Crippen molar-refractivity contribution in [2.45, 2.75) is 0 Å².